The van der Waals surface area contributed by atoms with Gasteiger partial charge in [0.2, 0.25) is 0 Å². The molecule has 0 saturated heterocycles. The molecule has 0 fully saturated rings. The molecule has 2 aromatic rings. The molecule has 0 aliphatic carbocycles. The van der Waals surface area contributed by atoms with E-state index in [1.807, 2.05) is 0 Å². The molecule has 2 rings (SSSR count). The zero-order valence-corrected chi connectivity index (χ0v) is 12.4. The first-order chi connectivity index (χ1) is 9.73. The summed E-state index contributed by atoms with van der Waals surface area (Å²) in [6, 6.07) is 21.2. The third-order valence-corrected chi connectivity index (χ3v) is 4.09. The van der Waals surface area contributed by atoms with Gasteiger partial charge in [-0.2, -0.15) is 0 Å². The van der Waals surface area contributed by atoms with Gasteiger partial charge in [-0.25, -0.2) is 0 Å². The molecule has 0 radical (unpaired) electrons. The summed E-state index contributed by atoms with van der Waals surface area (Å²) < 4.78 is 0. The van der Waals surface area contributed by atoms with Crippen molar-refractivity contribution in [2.24, 2.45) is 0 Å². The summed E-state index contributed by atoms with van der Waals surface area (Å²) in [7, 11) is 2.17. The van der Waals surface area contributed by atoms with Crippen LogP contribution in [0.15, 0.2) is 73.3 Å². The third kappa shape index (κ3) is 2.83. The second kappa shape index (κ2) is 6.53. The largest absolute Gasteiger partial charge is 0.289 e. The summed E-state index contributed by atoms with van der Waals surface area (Å²) in [5.74, 6) is 0. The van der Waals surface area contributed by atoms with E-state index in [1.54, 1.807) is 0 Å². The molecule has 2 aromatic carbocycles. The normalized spacial score (nSPS) is 13.9. The fourth-order valence-corrected chi connectivity index (χ4v) is 2.84. The highest BCUT2D eigenvalue weighted by atomic mass is 15.2. The summed E-state index contributed by atoms with van der Waals surface area (Å²) in [4.78, 5) is 2.38. The molecule has 0 bridgehead atoms. The van der Waals surface area contributed by atoms with E-state index < -0.39 is 0 Å². The number of rotatable bonds is 6. The van der Waals surface area contributed by atoms with Gasteiger partial charge in [-0.3, -0.25) is 4.90 Å². The van der Waals surface area contributed by atoms with Crippen molar-refractivity contribution in [2.45, 2.75) is 25.4 Å². The Hall–Kier alpha value is -1.86. The van der Waals surface area contributed by atoms with E-state index in [0.29, 0.717) is 0 Å². The predicted octanol–water partition coefficient (Wildman–Crippen LogP) is 4.61. The summed E-state index contributed by atoms with van der Waals surface area (Å²) >= 11 is 0. The second-order valence-electron chi connectivity index (χ2n) is 5.19. The average molecular weight is 265 g/mol. The first-order valence-corrected chi connectivity index (χ1v) is 7.17. The second-order valence-corrected chi connectivity index (χ2v) is 5.19. The molecule has 1 nitrogen and oxygen atoms in total. The lowest BCUT2D eigenvalue weighted by Gasteiger charge is -2.39. The number of benzene rings is 2. The van der Waals surface area contributed by atoms with Gasteiger partial charge in [-0.15, -0.1) is 6.58 Å². The van der Waals surface area contributed by atoms with Crippen LogP contribution < -0.4 is 0 Å². The first kappa shape index (κ1) is 14.5. The van der Waals surface area contributed by atoms with Crippen molar-refractivity contribution in [3.63, 3.8) is 0 Å². The Morgan fingerprint density at radius 3 is 2.05 bits per heavy atom. The number of hydrogen-bond acceptors (Lipinski definition) is 1. The lowest BCUT2D eigenvalue weighted by Crippen LogP contribution is -2.41. The van der Waals surface area contributed by atoms with E-state index in [1.165, 1.54) is 11.1 Å². The molecule has 1 atom stereocenters. The van der Waals surface area contributed by atoms with Crippen LogP contribution in [0.4, 0.5) is 0 Å². The quantitative estimate of drug-likeness (QED) is 0.689. The molecule has 0 N–H and O–H groups in total. The summed E-state index contributed by atoms with van der Waals surface area (Å²) in [5, 5.41) is 0. The Kier molecular flexibility index (Phi) is 4.75. The average Bonchev–Trinajstić information content (AvgIpc) is 2.51. The standard InChI is InChI=1S/C19H23N/c1-4-19(5-2,18-14-10-7-11-15-18)20(3)16-17-12-8-6-9-13-17/h4,6-15H,1,5,16H2,2-3H3. The van der Waals surface area contributed by atoms with E-state index in [2.05, 4.69) is 92.2 Å². The van der Waals surface area contributed by atoms with Gasteiger partial charge >= 0.3 is 0 Å². The van der Waals surface area contributed by atoms with E-state index in [0.717, 1.165) is 13.0 Å². The minimum absolute atomic E-state index is 0.114. The minimum Gasteiger partial charge on any atom is -0.289 e. The van der Waals surface area contributed by atoms with E-state index in [9.17, 15) is 0 Å². The van der Waals surface area contributed by atoms with Crippen molar-refractivity contribution in [1.29, 1.82) is 0 Å². The van der Waals surface area contributed by atoms with Crippen LogP contribution in [0.3, 0.4) is 0 Å². The zero-order valence-electron chi connectivity index (χ0n) is 12.4. The third-order valence-electron chi connectivity index (χ3n) is 4.09. The van der Waals surface area contributed by atoms with Gasteiger partial charge in [0.15, 0.2) is 0 Å². The lowest BCUT2D eigenvalue weighted by atomic mass is 9.85. The Morgan fingerprint density at radius 1 is 1.00 bits per heavy atom. The van der Waals surface area contributed by atoms with Crippen LogP contribution in [0.2, 0.25) is 0 Å². The van der Waals surface area contributed by atoms with Crippen LogP contribution in [-0.2, 0) is 12.1 Å². The van der Waals surface area contributed by atoms with Gasteiger partial charge < -0.3 is 0 Å². The fraction of sp³-hybridized carbons (Fsp3) is 0.263. The molecule has 104 valence electrons. The van der Waals surface area contributed by atoms with Gasteiger partial charge in [0.05, 0.1) is 5.54 Å². The minimum atomic E-state index is -0.114. The Morgan fingerprint density at radius 2 is 1.55 bits per heavy atom. The van der Waals surface area contributed by atoms with E-state index >= 15 is 0 Å². The maximum Gasteiger partial charge on any atom is 0.0640 e. The maximum absolute atomic E-state index is 4.10. The van der Waals surface area contributed by atoms with Crippen molar-refractivity contribution in [1.82, 2.24) is 4.90 Å². The van der Waals surface area contributed by atoms with Crippen LogP contribution in [-0.4, -0.2) is 11.9 Å². The highest BCUT2D eigenvalue weighted by molar-refractivity contribution is 5.30. The summed E-state index contributed by atoms with van der Waals surface area (Å²) in [5.41, 5.74) is 2.51. The Bertz CT molecular complexity index is 532. The van der Waals surface area contributed by atoms with E-state index in [-0.39, 0.29) is 5.54 Å². The van der Waals surface area contributed by atoms with Crippen LogP contribution in [0.25, 0.3) is 0 Å². The molecule has 0 aliphatic rings. The van der Waals surface area contributed by atoms with Gasteiger partial charge in [0.25, 0.3) is 0 Å². The first-order valence-electron chi connectivity index (χ1n) is 7.17. The van der Waals surface area contributed by atoms with Gasteiger partial charge in [0, 0.05) is 6.54 Å². The van der Waals surface area contributed by atoms with Gasteiger partial charge in [-0.1, -0.05) is 73.7 Å². The summed E-state index contributed by atoms with van der Waals surface area (Å²) in [6.07, 6.45) is 3.08. The van der Waals surface area contributed by atoms with Crippen LogP contribution >= 0.6 is 0 Å². The van der Waals surface area contributed by atoms with Crippen molar-refractivity contribution >= 4 is 0 Å². The molecule has 0 aliphatic heterocycles. The van der Waals surface area contributed by atoms with Crippen molar-refractivity contribution in [3.8, 4) is 0 Å². The number of hydrogen-bond donors (Lipinski definition) is 0. The smallest absolute Gasteiger partial charge is 0.0640 e. The zero-order chi connectivity index (χ0) is 14.4. The Labute approximate surface area is 122 Å². The lowest BCUT2D eigenvalue weighted by molar-refractivity contribution is 0.153. The van der Waals surface area contributed by atoms with Crippen molar-refractivity contribution in [2.75, 3.05) is 7.05 Å². The molecule has 0 heterocycles. The van der Waals surface area contributed by atoms with Crippen LogP contribution in [0.5, 0.6) is 0 Å². The molecule has 1 unspecified atom stereocenters. The maximum atomic E-state index is 4.10. The molecular weight excluding hydrogens is 242 g/mol. The Balaban J connectivity index is 2.31. The van der Waals surface area contributed by atoms with Crippen LogP contribution in [0.1, 0.15) is 24.5 Å². The topological polar surface area (TPSA) is 3.24 Å². The number of nitrogens with zero attached hydrogens (tertiary/aromatic N) is 1. The molecule has 0 spiro atoms. The van der Waals surface area contributed by atoms with Gasteiger partial charge in [0.1, 0.15) is 0 Å². The molecule has 0 aromatic heterocycles. The molecule has 1 heteroatoms. The number of likely N-dealkylation sites (N-methyl/N-ethyl adjacent to an activating group) is 1. The highest BCUT2D eigenvalue weighted by Gasteiger charge is 2.31. The fourth-order valence-electron chi connectivity index (χ4n) is 2.84. The van der Waals surface area contributed by atoms with E-state index in [4.69, 9.17) is 0 Å². The molecule has 20 heavy (non-hydrogen) atoms. The highest BCUT2D eigenvalue weighted by Crippen LogP contribution is 2.33. The van der Waals surface area contributed by atoms with Crippen molar-refractivity contribution < 1.29 is 0 Å². The molecule has 0 saturated carbocycles. The SMILES string of the molecule is C=CC(CC)(c1ccccc1)N(C)Cc1ccccc1. The molecule has 0 amide bonds. The van der Waals surface area contributed by atoms with Crippen LogP contribution in [0, 0.1) is 0 Å². The molecular formula is C19H23N. The van der Waals surface area contributed by atoms with Crippen molar-refractivity contribution in [3.05, 3.63) is 84.4 Å². The summed E-state index contributed by atoms with van der Waals surface area (Å²) in [6.45, 7) is 7.23. The predicted molar refractivity (Wildman–Crippen MR) is 86.5 cm³/mol. The monoisotopic (exact) mass is 265 g/mol. The van der Waals surface area contributed by atoms with Gasteiger partial charge in [-0.05, 0) is 24.6 Å².